The fraction of sp³-hybridized carbons (Fsp3) is 0.462. The summed E-state index contributed by atoms with van der Waals surface area (Å²) in [5.74, 6) is 0.912. The van der Waals surface area contributed by atoms with Gasteiger partial charge in [-0.25, -0.2) is 9.59 Å². The van der Waals surface area contributed by atoms with Crippen LogP contribution in [0.25, 0.3) is 0 Å². The fourth-order valence-corrected chi connectivity index (χ4v) is 6.30. The number of carbonyl (C=O) groups is 3. The molecule has 4 rings (SSSR count). The highest BCUT2D eigenvalue weighted by molar-refractivity contribution is 6.74. The maximum Gasteiger partial charge on any atom is 0.411 e. The van der Waals surface area contributed by atoms with Crippen LogP contribution in [0.3, 0.4) is 0 Å². The van der Waals surface area contributed by atoms with E-state index in [2.05, 4.69) is 33.9 Å². The monoisotopic (exact) mass is 688 g/mol. The molecule has 0 bridgehead atoms. The Balaban J connectivity index is 1.57. The Morgan fingerprint density at radius 1 is 0.918 bits per heavy atom. The van der Waals surface area contributed by atoms with Crippen molar-refractivity contribution < 1.29 is 33.0 Å². The molecule has 10 heteroatoms. The molecule has 0 unspecified atom stereocenters. The second-order valence-corrected chi connectivity index (χ2v) is 19.9. The van der Waals surface area contributed by atoms with Crippen LogP contribution in [0.15, 0.2) is 66.7 Å². The number of amides is 1. The number of hydrogen-bond acceptors (Lipinski definition) is 8. The predicted octanol–water partition coefficient (Wildman–Crippen LogP) is 8.19. The molecule has 0 saturated heterocycles. The van der Waals surface area contributed by atoms with Gasteiger partial charge in [0.05, 0.1) is 19.3 Å². The van der Waals surface area contributed by atoms with Crippen molar-refractivity contribution in [2.75, 3.05) is 25.6 Å². The Labute approximate surface area is 292 Å². The van der Waals surface area contributed by atoms with Crippen molar-refractivity contribution in [1.29, 1.82) is 0 Å². The number of ketones is 1. The van der Waals surface area contributed by atoms with Crippen LogP contribution in [0.4, 0.5) is 10.5 Å². The van der Waals surface area contributed by atoms with E-state index in [9.17, 15) is 14.4 Å². The lowest BCUT2D eigenvalue weighted by Crippen LogP contribution is -2.50. The van der Waals surface area contributed by atoms with Crippen molar-refractivity contribution in [3.8, 4) is 11.5 Å². The summed E-state index contributed by atoms with van der Waals surface area (Å²) in [5.41, 5.74) is 3.59. The minimum absolute atomic E-state index is 0.0186. The number of hydrogen-bond donors (Lipinski definition) is 0. The highest BCUT2D eigenvalue weighted by Gasteiger charge is 2.41. The standard InChI is InChI=1S/C39H52N2O7Si/c1-38(2,3)47-37(44)41-25-30-24-35(48-49(9,10)39(4,5)6)32(22-29(30)23-33(41)36(43)45-8)40(7)21-20-34(42)28-16-18-31(19-17-28)46-26-27-14-12-11-13-15-27/h11-19,22,24,33H,20-21,23,25-26H2,1-10H3/t33-/m0/s1. The van der Waals surface area contributed by atoms with E-state index in [4.69, 9.17) is 18.6 Å². The smallest absolute Gasteiger partial charge is 0.411 e. The molecule has 0 spiro atoms. The van der Waals surface area contributed by atoms with E-state index in [-0.39, 0.29) is 30.2 Å². The van der Waals surface area contributed by atoms with Crippen molar-refractivity contribution in [3.63, 3.8) is 0 Å². The van der Waals surface area contributed by atoms with Crippen molar-refractivity contribution >= 4 is 31.9 Å². The van der Waals surface area contributed by atoms with Crippen LogP contribution in [0.2, 0.25) is 18.1 Å². The predicted molar refractivity (Wildman–Crippen MR) is 195 cm³/mol. The van der Waals surface area contributed by atoms with Crippen molar-refractivity contribution in [2.24, 2.45) is 0 Å². The molecule has 0 saturated carbocycles. The highest BCUT2D eigenvalue weighted by Crippen LogP contribution is 2.42. The summed E-state index contributed by atoms with van der Waals surface area (Å²) >= 11 is 0. The second-order valence-electron chi connectivity index (χ2n) is 15.2. The largest absolute Gasteiger partial charge is 0.542 e. The molecule has 1 aliphatic heterocycles. The van der Waals surface area contributed by atoms with E-state index < -0.39 is 32.0 Å². The van der Waals surface area contributed by atoms with E-state index in [1.54, 1.807) is 32.9 Å². The first-order chi connectivity index (χ1) is 22.9. The molecule has 49 heavy (non-hydrogen) atoms. The van der Waals surface area contributed by atoms with Gasteiger partial charge in [-0.3, -0.25) is 9.69 Å². The Morgan fingerprint density at radius 3 is 2.16 bits per heavy atom. The van der Waals surface area contributed by atoms with Crippen LogP contribution >= 0.6 is 0 Å². The molecule has 1 atom stereocenters. The third-order valence-corrected chi connectivity index (χ3v) is 13.5. The number of carbonyl (C=O) groups excluding carboxylic acids is 3. The summed E-state index contributed by atoms with van der Waals surface area (Å²) in [6, 6.07) is 20.4. The maximum atomic E-state index is 13.3. The Kier molecular flexibility index (Phi) is 11.5. The first-order valence-corrected chi connectivity index (χ1v) is 19.7. The SMILES string of the molecule is COC(=O)[C@@H]1Cc2cc(N(C)CCC(=O)c3ccc(OCc4ccccc4)cc3)c(O[Si](C)(C)C(C)(C)C)cc2CN1C(=O)OC(C)(C)C. The fourth-order valence-electron chi connectivity index (χ4n) is 5.28. The third kappa shape index (κ3) is 9.65. The lowest BCUT2D eigenvalue weighted by Gasteiger charge is -2.40. The van der Waals surface area contributed by atoms with Crippen molar-refractivity contribution in [1.82, 2.24) is 4.90 Å². The van der Waals surface area contributed by atoms with Crippen LogP contribution < -0.4 is 14.1 Å². The average Bonchev–Trinajstić information content (AvgIpc) is 3.04. The number of ether oxygens (including phenoxy) is 3. The molecule has 1 amide bonds. The van der Waals surface area contributed by atoms with Gasteiger partial charge in [0.15, 0.2) is 5.78 Å². The molecule has 3 aromatic carbocycles. The number of Topliss-reactive ketones (excluding diaryl/α,β-unsaturated/α-hetero) is 1. The van der Waals surface area contributed by atoms with E-state index in [0.29, 0.717) is 30.2 Å². The quantitative estimate of drug-likeness (QED) is 0.113. The van der Waals surface area contributed by atoms with Crippen LogP contribution in [-0.4, -0.2) is 63.4 Å². The maximum absolute atomic E-state index is 13.3. The molecule has 0 aliphatic carbocycles. The lowest BCUT2D eigenvalue weighted by molar-refractivity contribution is -0.147. The molecule has 0 aromatic heterocycles. The van der Waals surface area contributed by atoms with Crippen LogP contribution in [0, 0.1) is 0 Å². The molecule has 3 aromatic rings. The summed E-state index contributed by atoms with van der Waals surface area (Å²) in [5, 5.41) is -0.0653. The number of methoxy groups -OCH3 is 1. The molecule has 1 heterocycles. The van der Waals surface area contributed by atoms with E-state index in [0.717, 1.165) is 22.4 Å². The lowest BCUT2D eigenvalue weighted by atomic mass is 9.93. The Bertz CT molecular complexity index is 1630. The van der Waals surface area contributed by atoms with Gasteiger partial charge in [-0.05, 0) is 92.0 Å². The van der Waals surface area contributed by atoms with Gasteiger partial charge in [-0.1, -0.05) is 51.1 Å². The minimum atomic E-state index is -2.29. The Hall–Kier alpha value is -4.31. The number of rotatable bonds is 11. The molecule has 264 valence electrons. The Morgan fingerprint density at radius 2 is 1.57 bits per heavy atom. The van der Waals surface area contributed by atoms with Gasteiger partial charge in [0.1, 0.15) is 29.7 Å². The summed E-state index contributed by atoms with van der Waals surface area (Å²) in [6.07, 6.45) is -0.0230. The topological polar surface area (TPSA) is 94.6 Å². The van der Waals surface area contributed by atoms with Gasteiger partial charge >= 0.3 is 12.1 Å². The van der Waals surface area contributed by atoms with Crippen molar-refractivity contribution in [3.05, 3.63) is 89.0 Å². The summed E-state index contributed by atoms with van der Waals surface area (Å²) in [6.45, 7) is 17.4. The summed E-state index contributed by atoms with van der Waals surface area (Å²) < 4.78 is 23.6. The molecule has 0 fully saturated rings. The second kappa shape index (κ2) is 15.1. The van der Waals surface area contributed by atoms with Gasteiger partial charge in [0.2, 0.25) is 0 Å². The van der Waals surface area contributed by atoms with Crippen LogP contribution in [0.5, 0.6) is 11.5 Å². The van der Waals surface area contributed by atoms with Gasteiger partial charge in [0, 0.05) is 32.0 Å². The average molecular weight is 689 g/mol. The highest BCUT2D eigenvalue weighted by atomic mass is 28.4. The molecule has 1 aliphatic rings. The number of benzene rings is 3. The van der Waals surface area contributed by atoms with Crippen LogP contribution in [0.1, 0.15) is 75.0 Å². The normalized spacial score (nSPS) is 14.8. The van der Waals surface area contributed by atoms with E-state index >= 15 is 0 Å². The molecular weight excluding hydrogens is 637 g/mol. The molecule has 9 nitrogen and oxygen atoms in total. The van der Waals surface area contributed by atoms with Gasteiger partial charge in [-0.15, -0.1) is 0 Å². The summed E-state index contributed by atoms with van der Waals surface area (Å²) in [7, 11) is 0.976. The van der Waals surface area contributed by atoms with Gasteiger partial charge in [0.25, 0.3) is 8.32 Å². The van der Waals surface area contributed by atoms with Crippen molar-refractivity contribution in [2.45, 2.75) is 97.3 Å². The number of nitrogens with zero attached hydrogens (tertiary/aromatic N) is 2. The third-order valence-electron chi connectivity index (χ3n) is 9.19. The zero-order chi connectivity index (χ0) is 36.1. The molecule has 0 N–H and O–H groups in total. The zero-order valence-corrected chi connectivity index (χ0v) is 31.7. The summed E-state index contributed by atoms with van der Waals surface area (Å²) in [4.78, 5) is 43.0. The number of esters is 1. The van der Waals surface area contributed by atoms with Crippen LogP contribution in [-0.2, 0) is 33.8 Å². The van der Waals surface area contributed by atoms with E-state index in [1.165, 1.54) is 12.0 Å². The van der Waals surface area contributed by atoms with E-state index in [1.807, 2.05) is 66.5 Å². The minimum Gasteiger partial charge on any atom is -0.542 e. The molecule has 0 radical (unpaired) electrons. The first kappa shape index (κ1) is 37.5. The first-order valence-electron chi connectivity index (χ1n) is 16.8. The number of anilines is 1. The zero-order valence-electron chi connectivity index (χ0n) is 30.7. The van der Waals surface area contributed by atoms with Gasteiger partial charge < -0.3 is 23.5 Å². The number of fused-ring (bicyclic) bond motifs is 1. The van der Waals surface area contributed by atoms with Gasteiger partial charge in [-0.2, -0.15) is 0 Å². The molecular formula is C39H52N2O7Si.